The van der Waals surface area contributed by atoms with Crippen molar-refractivity contribution in [1.82, 2.24) is 9.88 Å². The highest BCUT2D eigenvalue weighted by molar-refractivity contribution is 6.68. The standard InChI is InChI=1S/C7H3Cl2NO2.C6H15N.CHCl3/c8-6(11)4-2-1-3-5(10-4)7(9)12;1-4-7(5-2)6-3;2-1(3)4/h1-3H;4-6H2,1-3H3;1H. The minimum absolute atomic E-state index is 0.0168. The fourth-order valence-corrected chi connectivity index (χ4v) is 1.53. The van der Waals surface area contributed by atoms with Gasteiger partial charge in [-0.3, -0.25) is 9.59 Å². The second kappa shape index (κ2) is 15.4. The molecule has 1 aromatic heterocycles. The smallest absolute Gasteiger partial charge is 0.270 e. The zero-order valence-electron chi connectivity index (χ0n) is 13.0. The number of alkyl halides is 3. The summed E-state index contributed by atoms with van der Waals surface area (Å²) in [6.45, 7) is 10.1. The highest BCUT2D eigenvalue weighted by Crippen LogP contribution is 2.05. The molecule has 1 aromatic rings. The molecule has 9 heteroatoms. The van der Waals surface area contributed by atoms with Crippen molar-refractivity contribution in [1.29, 1.82) is 0 Å². The Morgan fingerprint density at radius 3 is 1.43 bits per heavy atom. The Kier molecular flexibility index (Phi) is 16.9. The molecule has 0 amide bonds. The summed E-state index contributed by atoms with van der Waals surface area (Å²) in [4.78, 5) is 27.1. The molecule has 23 heavy (non-hydrogen) atoms. The van der Waals surface area contributed by atoms with Gasteiger partial charge in [0.25, 0.3) is 10.5 Å². The Hall–Kier alpha value is -0.100. The summed E-state index contributed by atoms with van der Waals surface area (Å²) in [5.74, 6) is 0. The van der Waals surface area contributed by atoms with Gasteiger partial charge >= 0.3 is 0 Å². The van der Waals surface area contributed by atoms with E-state index in [1.165, 1.54) is 37.8 Å². The third kappa shape index (κ3) is 15.2. The molecular formula is C14H19Cl5N2O2. The summed E-state index contributed by atoms with van der Waals surface area (Å²) in [6, 6.07) is 4.29. The van der Waals surface area contributed by atoms with Gasteiger partial charge in [0.2, 0.25) is 0 Å². The molecule has 132 valence electrons. The van der Waals surface area contributed by atoms with Crippen molar-refractivity contribution in [3.63, 3.8) is 0 Å². The van der Waals surface area contributed by atoms with Crippen molar-refractivity contribution in [3.8, 4) is 0 Å². The Morgan fingerprint density at radius 1 is 0.957 bits per heavy atom. The van der Waals surface area contributed by atoms with Crippen molar-refractivity contribution >= 4 is 68.5 Å². The van der Waals surface area contributed by atoms with Crippen LogP contribution in [0.5, 0.6) is 0 Å². The van der Waals surface area contributed by atoms with E-state index in [0.717, 1.165) is 0 Å². The van der Waals surface area contributed by atoms with Gasteiger partial charge in [-0.1, -0.05) is 61.6 Å². The molecule has 0 aliphatic heterocycles. The summed E-state index contributed by atoms with van der Waals surface area (Å²) < 4.78 is -0.750. The Balaban J connectivity index is 0. The number of hydrogen-bond donors (Lipinski definition) is 0. The van der Waals surface area contributed by atoms with Gasteiger partial charge in [0.05, 0.1) is 0 Å². The lowest BCUT2D eigenvalue weighted by Crippen LogP contribution is -2.21. The second-order valence-corrected chi connectivity index (χ2v) is 6.49. The van der Waals surface area contributed by atoms with Gasteiger partial charge in [-0.15, -0.1) is 0 Å². The number of rotatable bonds is 5. The lowest BCUT2D eigenvalue weighted by Gasteiger charge is -2.13. The first-order valence-corrected chi connectivity index (χ1v) is 8.77. The van der Waals surface area contributed by atoms with E-state index >= 15 is 0 Å². The van der Waals surface area contributed by atoms with Crippen LogP contribution in [-0.4, -0.2) is 44.3 Å². The van der Waals surface area contributed by atoms with Crippen LogP contribution in [0, 0.1) is 0 Å². The number of carbonyl (C=O) groups excluding carboxylic acids is 2. The average molecular weight is 425 g/mol. The monoisotopic (exact) mass is 422 g/mol. The molecule has 0 aliphatic rings. The van der Waals surface area contributed by atoms with Crippen LogP contribution in [0.4, 0.5) is 0 Å². The third-order valence-electron chi connectivity index (χ3n) is 2.49. The van der Waals surface area contributed by atoms with Crippen molar-refractivity contribution in [2.45, 2.75) is 25.1 Å². The number of hydrogen-bond acceptors (Lipinski definition) is 4. The number of carbonyl (C=O) groups is 2. The van der Waals surface area contributed by atoms with Crippen molar-refractivity contribution in [3.05, 3.63) is 29.6 Å². The van der Waals surface area contributed by atoms with Gasteiger partial charge < -0.3 is 4.90 Å². The van der Waals surface area contributed by atoms with Gasteiger partial charge in [-0.2, -0.15) is 0 Å². The maximum Gasteiger partial charge on any atom is 0.270 e. The lowest BCUT2D eigenvalue weighted by atomic mass is 10.3. The molecule has 4 nitrogen and oxygen atoms in total. The summed E-state index contributed by atoms with van der Waals surface area (Å²) in [5, 5.41) is -1.43. The van der Waals surface area contributed by atoms with E-state index < -0.39 is 14.8 Å². The predicted octanol–water partition coefficient (Wildman–Crippen LogP) is 5.17. The topological polar surface area (TPSA) is 50.3 Å². The van der Waals surface area contributed by atoms with Crippen LogP contribution in [0.1, 0.15) is 41.7 Å². The summed E-state index contributed by atoms with van der Waals surface area (Å²) in [6.07, 6.45) is 0. The predicted molar refractivity (Wildman–Crippen MR) is 99.4 cm³/mol. The molecule has 0 fully saturated rings. The van der Waals surface area contributed by atoms with Gasteiger partial charge in [0.15, 0.2) is 4.30 Å². The summed E-state index contributed by atoms with van der Waals surface area (Å²) in [7, 11) is 0. The first kappa shape index (κ1) is 25.1. The Bertz CT molecular complexity index is 431. The van der Waals surface area contributed by atoms with Crippen LogP contribution < -0.4 is 0 Å². The van der Waals surface area contributed by atoms with E-state index in [1.54, 1.807) is 0 Å². The van der Waals surface area contributed by atoms with E-state index in [4.69, 9.17) is 58.0 Å². The molecule has 0 saturated heterocycles. The maximum absolute atomic E-state index is 10.6. The summed E-state index contributed by atoms with van der Waals surface area (Å²) >= 11 is 24.7. The molecule has 0 spiro atoms. The van der Waals surface area contributed by atoms with E-state index in [1.807, 2.05) is 0 Å². The summed E-state index contributed by atoms with van der Waals surface area (Å²) in [5.41, 5.74) is 0.0336. The lowest BCUT2D eigenvalue weighted by molar-refractivity contribution is 0.107. The van der Waals surface area contributed by atoms with E-state index in [2.05, 4.69) is 30.7 Å². The van der Waals surface area contributed by atoms with Gasteiger partial charge in [-0.25, -0.2) is 4.98 Å². The zero-order valence-corrected chi connectivity index (χ0v) is 16.8. The van der Waals surface area contributed by atoms with E-state index in [9.17, 15) is 9.59 Å². The number of pyridine rings is 1. The zero-order chi connectivity index (χ0) is 18.4. The van der Waals surface area contributed by atoms with Gasteiger partial charge in [0.1, 0.15) is 11.4 Å². The van der Waals surface area contributed by atoms with Crippen molar-refractivity contribution in [2.24, 2.45) is 0 Å². The van der Waals surface area contributed by atoms with Crippen molar-refractivity contribution < 1.29 is 9.59 Å². The molecule has 0 N–H and O–H groups in total. The minimum atomic E-state index is -0.750. The fourth-order valence-electron chi connectivity index (χ4n) is 1.32. The van der Waals surface area contributed by atoms with Crippen LogP contribution in [0.25, 0.3) is 0 Å². The molecule has 0 bridgehead atoms. The van der Waals surface area contributed by atoms with Crippen molar-refractivity contribution in [2.75, 3.05) is 19.6 Å². The molecule has 0 radical (unpaired) electrons. The van der Waals surface area contributed by atoms with Crippen LogP contribution >= 0.6 is 58.0 Å². The number of halogens is 5. The van der Waals surface area contributed by atoms with Crippen LogP contribution in [-0.2, 0) is 0 Å². The Labute approximate surface area is 162 Å². The largest absolute Gasteiger partial charge is 0.304 e. The normalized spacial score (nSPS) is 9.65. The molecule has 0 aliphatic carbocycles. The number of aromatic nitrogens is 1. The van der Waals surface area contributed by atoms with Crippen LogP contribution in [0.2, 0.25) is 0 Å². The molecule has 0 aromatic carbocycles. The van der Waals surface area contributed by atoms with Gasteiger partial charge in [0, 0.05) is 0 Å². The first-order chi connectivity index (χ1) is 10.7. The minimum Gasteiger partial charge on any atom is -0.304 e. The molecule has 1 heterocycles. The van der Waals surface area contributed by atoms with E-state index in [-0.39, 0.29) is 11.4 Å². The molecule has 0 unspecified atom stereocenters. The van der Waals surface area contributed by atoms with Crippen LogP contribution in [0.3, 0.4) is 0 Å². The molecular weight excluding hydrogens is 405 g/mol. The van der Waals surface area contributed by atoms with E-state index in [0.29, 0.717) is 0 Å². The Morgan fingerprint density at radius 2 is 1.26 bits per heavy atom. The van der Waals surface area contributed by atoms with Crippen LogP contribution in [0.15, 0.2) is 18.2 Å². The second-order valence-electron chi connectivity index (χ2n) is 3.82. The molecule has 0 saturated carbocycles. The maximum atomic E-state index is 10.6. The highest BCUT2D eigenvalue weighted by Gasteiger charge is 2.07. The highest BCUT2D eigenvalue weighted by atomic mass is 35.6. The fraction of sp³-hybridized carbons (Fsp3) is 0.500. The SMILES string of the molecule is CCN(CC)CC.ClC(Cl)Cl.O=C(Cl)c1cccc(C(=O)Cl)n1. The molecule has 0 atom stereocenters. The number of nitrogens with zero attached hydrogens (tertiary/aromatic N) is 2. The quantitative estimate of drug-likeness (QED) is 0.483. The molecule has 1 rings (SSSR count). The third-order valence-corrected chi connectivity index (χ3v) is 2.88. The van der Waals surface area contributed by atoms with Gasteiger partial charge in [-0.05, 0) is 55.0 Å². The first-order valence-electron chi connectivity index (χ1n) is 6.70. The average Bonchev–Trinajstić information content (AvgIpc) is 2.49.